The number of benzene rings is 4. The van der Waals surface area contributed by atoms with Gasteiger partial charge in [-0.1, -0.05) is 53.1 Å². The topological polar surface area (TPSA) is 388 Å². The van der Waals surface area contributed by atoms with E-state index in [1.165, 1.54) is 48.5 Å². The Kier molecular flexibility index (Phi) is 47.8. The molecule has 0 aliphatic rings. The number of rotatable bonds is 43. The van der Waals surface area contributed by atoms with Gasteiger partial charge in [0.15, 0.2) is 0 Å². The van der Waals surface area contributed by atoms with E-state index in [2.05, 4.69) is 17.9 Å². The zero-order valence-corrected chi connectivity index (χ0v) is 56.4. The number of nitrogens with two attached hydrogens (primary N) is 3. The van der Waals surface area contributed by atoms with E-state index in [0.29, 0.717) is 72.5 Å². The van der Waals surface area contributed by atoms with Gasteiger partial charge in [-0.3, -0.25) is 9.59 Å². The van der Waals surface area contributed by atoms with Gasteiger partial charge in [-0.05, 0) is 94.3 Å². The van der Waals surface area contributed by atoms with Crippen molar-refractivity contribution < 1.29 is 116 Å². The van der Waals surface area contributed by atoms with E-state index >= 15 is 0 Å². The van der Waals surface area contributed by atoms with Gasteiger partial charge in [0.1, 0.15) is 5.75 Å². The first-order valence-electron chi connectivity index (χ1n) is 28.7. The summed E-state index contributed by atoms with van der Waals surface area (Å²) in [5.74, 6) is -3.59. The molecule has 4 aromatic rings. The summed E-state index contributed by atoms with van der Waals surface area (Å²) in [4.78, 5) is 21.7. The lowest BCUT2D eigenvalue weighted by Crippen LogP contribution is -2.27. The van der Waals surface area contributed by atoms with Gasteiger partial charge in [-0.15, -0.1) is 0 Å². The summed E-state index contributed by atoms with van der Waals surface area (Å²) in [5.41, 5.74) is 18.6. The van der Waals surface area contributed by atoms with E-state index in [1.54, 1.807) is 48.5 Å². The van der Waals surface area contributed by atoms with Crippen molar-refractivity contribution >= 4 is 63.6 Å². The van der Waals surface area contributed by atoms with Gasteiger partial charge in [0.05, 0.1) is 124 Å². The van der Waals surface area contributed by atoms with E-state index in [4.69, 9.17) is 72.1 Å². The van der Waals surface area contributed by atoms with Crippen LogP contribution in [-0.4, -0.2) is 208 Å². The van der Waals surface area contributed by atoms with Gasteiger partial charge in [0.25, 0.3) is 0 Å². The molecule has 0 saturated carbocycles. The minimum absolute atomic E-state index is 0.00133. The Hall–Kier alpha value is -4.91. The van der Waals surface area contributed by atoms with Gasteiger partial charge >= 0.3 is 22.5 Å². The number of aryl methyl sites for hydroxylation is 3. The number of hydrogen-bond acceptors (Lipinski definition) is 23. The predicted octanol–water partition coefficient (Wildman–Crippen LogP) is 4.89. The molecule has 0 unspecified atom stereocenters. The van der Waals surface area contributed by atoms with Crippen LogP contribution in [-0.2, 0) is 91.4 Å². The summed E-state index contributed by atoms with van der Waals surface area (Å²) in [6, 6.07) is 24.4. The van der Waals surface area contributed by atoms with Crippen LogP contribution in [0, 0.1) is 20.8 Å². The van der Waals surface area contributed by atoms with Gasteiger partial charge < -0.3 is 60.2 Å². The molecule has 0 amide bonds. The second-order valence-corrected chi connectivity index (χ2v) is 26.1. The molecule has 0 bridgehead atoms. The molecule has 0 heterocycles. The number of Topliss-reactive ketones (excluding diaryl/α,β-unsaturated/α-hetero) is 2. The smallest absolute Gasteiger partial charge is 0.449 e. The molecule has 0 fully saturated rings. The fraction of sp³-hybridized carbons (Fsp3) is 0.544. The van der Waals surface area contributed by atoms with Crippen LogP contribution in [0.25, 0.3) is 0 Å². The molecule has 538 valence electrons. The van der Waals surface area contributed by atoms with Crippen molar-refractivity contribution in [3.05, 3.63) is 114 Å². The third-order valence-corrected chi connectivity index (χ3v) is 17.1. The summed E-state index contributed by atoms with van der Waals surface area (Å²) >= 11 is 4.78. The Morgan fingerprint density at radius 1 is 0.394 bits per heavy atom. The van der Waals surface area contributed by atoms with Crippen LogP contribution in [0.2, 0.25) is 0 Å². The first kappa shape index (κ1) is 89.1. The van der Waals surface area contributed by atoms with Crippen molar-refractivity contribution in [2.45, 2.75) is 78.4 Å². The molecule has 94 heavy (non-hydrogen) atoms. The Morgan fingerprint density at radius 3 is 0.872 bits per heavy atom. The molecule has 0 radical (unpaired) electrons. The quantitative estimate of drug-likeness (QED) is 0.0229. The van der Waals surface area contributed by atoms with Crippen LogP contribution in [0.3, 0.4) is 0 Å². The third kappa shape index (κ3) is 44.8. The Bertz CT molecular complexity index is 2990. The minimum Gasteiger partial charge on any atom is -0.508 e. The van der Waals surface area contributed by atoms with Crippen molar-refractivity contribution in [3.63, 3.8) is 0 Å². The van der Waals surface area contributed by atoms with Crippen LogP contribution in [0.1, 0.15) is 42.4 Å². The molecular weight excluding hydrogens is 1370 g/mol. The predicted molar refractivity (Wildman–Crippen MR) is 336 cm³/mol. The zero-order chi connectivity index (χ0) is 71.0. The molecule has 37 heteroatoms. The number of aromatic hydroxyl groups is 1. The molecule has 0 aliphatic carbocycles. The zero-order valence-electron chi connectivity index (χ0n) is 52.3. The number of ketones is 2. The first-order chi connectivity index (χ1) is 44.3. The molecule has 0 atom stereocenters. The first-order valence-corrected chi connectivity index (χ1v) is 34.9. The number of carbonyl (C=O) groups is 2. The van der Waals surface area contributed by atoms with E-state index in [0.717, 1.165) is 16.7 Å². The average Bonchev–Trinajstić information content (AvgIpc) is 0.924. The van der Waals surface area contributed by atoms with Crippen LogP contribution < -0.4 is 31.4 Å². The van der Waals surface area contributed by atoms with Crippen LogP contribution in [0.4, 0.5) is 26.3 Å². The summed E-state index contributed by atoms with van der Waals surface area (Å²) < 4.78 is 217. The van der Waals surface area contributed by atoms with Crippen LogP contribution in [0.15, 0.2) is 117 Å². The summed E-state index contributed by atoms with van der Waals surface area (Å²) in [6.07, 6.45) is -10.9. The van der Waals surface area contributed by atoms with Crippen molar-refractivity contribution in [2.75, 3.05) is 145 Å². The van der Waals surface area contributed by atoms with Gasteiger partial charge in [-0.2, -0.15) is 38.5 Å². The van der Waals surface area contributed by atoms with Crippen LogP contribution in [0.5, 0.6) is 5.75 Å². The van der Waals surface area contributed by atoms with Gasteiger partial charge in [-0.25, -0.2) is 39.4 Å². The number of phenolic OH excluding ortho intramolecular Hbond substituents is 1. The lowest BCUT2D eigenvalue weighted by atomic mass is 10.2. The summed E-state index contributed by atoms with van der Waals surface area (Å²) in [6.45, 7) is 12.5. The number of hydrogen-bond donors (Lipinski definition) is 7. The Morgan fingerprint density at radius 2 is 0.628 bits per heavy atom. The lowest BCUT2D eigenvalue weighted by molar-refractivity contribution is -0.171. The Balaban J connectivity index is 0.00000120. The minimum atomic E-state index is -4.81. The number of phenols is 1. The molecule has 0 saturated heterocycles. The maximum Gasteiger partial charge on any atom is 0.449 e. The maximum absolute atomic E-state index is 12.0. The molecule has 0 aromatic heterocycles. The van der Waals surface area contributed by atoms with Crippen molar-refractivity contribution in [1.82, 2.24) is 14.2 Å². The maximum atomic E-state index is 12.0. The van der Waals surface area contributed by atoms with E-state index in [9.17, 15) is 69.6 Å². The van der Waals surface area contributed by atoms with Crippen molar-refractivity contribution in [2.24, 2.45) is 17.2 Å². The fourth-order valence-corrected chi connectivity index (χ4v) is 10.1. The number of carbonyl (C=O) groups excluding carboxylic acids is 2. The number of alkyl halides is 6. The van der Waals surface area contributed by atoms with Gasteiger partial charge in [0, 0.05) is 65.3 Å². The van der Waals surface area contributed by atoms with Crippen molar-refractivity contribution in [3.8, 4) is 5.75 Å². The second-order valence-electron chi connectivity index (χ2n) is 19.0. The molecule has 4 rings (SSSR count). The normalized spacial score (nSPS) is 11.8. The number of ether oxygens (including phenoxy) is 8. The van der Waals surface area contributed by atoms with E-state index < -0.39 is 76.9 Å². The van der Waals surface area contributed by atoms with Crippen LogP contribution >= 0.6 is 11.9 Å². The molecular formula is C57H87ClF6N6O20S4. The SMILES string of the molecule is Cc1ccc(S(=O)(=O)NCCOCCOCCCC(=O)C(F)(F)F)cc1.Cc1ccc(S(=O)(=O)NCCOCCOCCN)cc1.Cc1ccc(S(=O)(=O)OCl)cc1.NCCOCCOCCN.O=C(CCCOCCOCCNS(=O)(=O)c1ccc(O)cc1)C(F)(F)F. The fourth-order valence-electron chi connectivity index (χ4n) is 6.29. The van der Waals surface area contributed by atoms with Crippen molar-refractivity contribution in [1.29, 1.82) is 0 Å². The molecule has 26 nitrogen and oxygen atoms in total. The highest BCUT2D eigenvalue weighted by molar-refractivity contribution is 7.90. The number of sulfonamides is 3. The van der Waals surface area contributed by atoms with E-state index in [-0.39, 0.29) is 111 Å². The second kappa shape index (κ2) is 50.4. The standard InChI is InChI=1S/C16H22F3NO5S.C15H20F3NO6S.C13H22N2O4S.C7H7ClO3S.C6H16N2O2/c1-13-4-6-14(7-5-13)26(22,23)20-8-10-25-12-11-24-9-2-3-15(21)16(17,18)19;16-15(17,18)14(21)2-1-8-24-10-11-25-9-7-19-26(22,23)13-5-3-12(20)4-6-13;1-12-2-4-13(5-3-12)20(16,17)15-7-9-19-11-10-18-8-6-14;1-6-2-4-7(5-3-6)12(9,10)11-8;7-1-3-9-5-6-10-4-2-8/h4-7,20H,2-3,8-12H2,1H3;3-6,19-20H,1-2,7-11H2;2-5,15H,6-11,14H2,1H3;2-5H,1H3;1-8H2. The molecule has 4 aromatic carbocycles. The Labute approximate surface area is 551 Å². The summed E-state index contributed by atoms with van der Waals surface area (Å²) in [5, 5.41) is 9.12. The molecule has 0 spiro atoms. The molecule has 0 aliphatic heterocycles. The summed E-state index contributed by atoms with van der Waals surface area (Å²) in [7, 11) is -14.5. The number of halogens is 7. The molecule has 10 N–H and O–H groups in total. The third-order valence-electron chi connectivity index (χ3n) is 11.1. The van der Waals surface area contributed by atoms with Gasteiger partial charge in [0.2, 0.25) is 41.6 Å². The highest BCUT2D eigenvalue weighted by Gasteiger charge is 2.38. The highest BCUT2D eigenvalue weighted by Crippen LogP contribution is 2.20. The lowest BCUT2D eigenvalue weighted by Gasteiger charge is -2.08. The highest BCUT2D eigenvalue weighted by atomic mass is 35.5. The number of nitrogens with one attached hydrogen (secondary N) is 3. The largest absolute Gasteiger partial charge is 0.508 e. The van der Waals surface area contributed by atoms with E-state index in [1.807, 2.05) is 20.8 Å². The average molecular weight is 1450 g/mol. The monoisotopic (exact) mass is 1450 g/mol.